The number of methoxy groups -OCH3 is 1. The molecule has 8 heteroatoms. The number of carbonyl (C=O) groups is 4. The molecule has 41 heavy (non-hydrogen) atoms. The first-order valence-electron chi connectivity index (χ1n) is 14.7. The van der Waals surface area contributed by atoms with Gasteiger partial charge in [-0.3, -0.25) is 14.4 Å². The molecule has 220 valence electrons. The summed E-state index contributed by atoms with van der Waals surface area (Å²) in [7, 11) is 1.45. The first-order chi connectivity index (χ1) is 19.5. The summed E-state index contributed by atoms with van der Waals surface area (Å²) in [6.45, 7) is 5.36. The Labute approximate surface area is 241 Å². The summed E-state index contributed by atoms with van der Waals surface area (Å²) in [5.41, 5.74) is -1.57. The molecule has 0 heterocycles. The average molecular weight is 565 g/mol. The van der Waals surface area contributed by atoms with Crippen LogP contribution in [0.1, 0.15) is 76.1 Å². The molecule has 8 nitrogen and oxygen atoms in total. The number of aliphatic hydroxyl groups is 1. The summed E-state index contributed by atoms with van der Waals surface area (Å²) >= 11 is 0. The van der Waals surface area contributed by atoms with Gasteiger partial charge < -0.3 is 19.3 Å². The molecule has 1 aromatic rings. The monoisotopic (exact) mass is 564 g/mol. The predicted molar refractivity (Wildman–Crippen MR) is 150 cm³/mol. The molecule has 4 aliphatic carbocycles. The minimum Gasteiger partial charge on any atom is -0.496 e. The van der Waals surface area contributed by atoms with E-state index in [1.54, 1.807) is 36.4 Å². The van der Waals surface area contributed by atoms with E-state index in [0.29, 0.717) is 25.0 Å². The first-order valence-corrected chi connectivity index (χ1v) is 14.7. The van der Waals surface area contributed by atoms with E-state index in [1.165, 1.54) is 7.11 Å². The number of hydrogen-bond acceptors (Lipinski definition) is 8. The molecule has 7 atom stereocenters. The van der Waals surface area contributed by atoms with Gasteiger partial charge in [-0.25, -0.2) is 4.79 Å². The van der Waals surface area contributed by atoms with Gasteiger partial charge in [0.05, 0.1) is 13.2 Å². The van der Waals surface area contributed by atoms with Gasteiger partial charge in [0.15, 0.2) is 18.0 Å². The number of ketones is 2. The minimum absolute atomic E-state index is 0.00333. The van der Waals surface area contributed by atoms with Gasteiger partial charge in [0.1, 0.15) is 11.3 Å². The lowest BCUT2D eigenvalue weighted by Gasteiger charge is -2.59. The molecule has 0 spiro atoms. The summed E-state index contributed by atoms with van der Waals surface area (Å²) in [6.07, 6.45) is 7.92. The SMILES string of the molecule is CCCC(=O)O[C@]1(C(=O)COC(=O)c2ccccc2OC)CC[C@H]2[C@@H]3CCC4=CC(=O)C=C[C@]4(C)[C@H]3C(O)C[C@@]21C. The van der Waals surface area contributed by atoms with Crippen LogP contribution in [0.15, 0.2) is 48.1 Å². The van der Waals surface area contributed by atoms with Crippen LogP contribution in [0.25, 0.3) is 0 Å². The molecule has 1 N–H and O–H groups in total. The van der Waals surface area contributed by atoms with Gasteiger partial charge in [-0.05, 0) is 74.6 Å². The number of rotatable bonds is 8. The number of hydrogen-bond donors (Lipinski definition) is 1. The molecule has 0 aromatic heterocycles. The van der Waals surface area contributed by atoms with Crippen molar-refractivity contribution in [2.45, 2.75) is 77.4 Å². The van der Waals surface area contributed by atoms with Crippen molar-refractivity contribution in [3.8, 4) is 5.75 Å². The number of benzene rings is 1. The standard InChI is InChI=1S/C33H40O8/c1-5-8-28(37)41-33(27(36)19-40-30(38)23-9-6-7-10-26(23)39-4)16-14-24-22-12-11-20-17-21(34)13-15-31(20,2)29(22)25(35)18-32(24,33)3/h6-7,9-10,13,15,17,22,24-25,29,35H,5,8,11-12,14,16,18-19H2,1-4H3/t22-,24-,25?,29+,31-,32-,33-/m0/s1. The molecule has 5 rings (SSSR count). The van der Waals surface area contributed by atoms with Gasteiger partial charge >= 0.3 is 11.9 Å². The number of aliphatic hydroxyl groups excluding tert-OH is 1. The minimum atomic E-state index is -1.52. The summed E-state index contributed by atoms with van der Waals surface area (Å²) < 4.78 is 16.9. The van der Waals surface area contributed by atoms with Crippen molar-refractivity contribution < 1.29 is 38.5 Å². The van der Waals surface area contributed by atoms with Crippen LogP contribution in [0.2, 0.25) is 0 Å². The van der Waals surface area contributed by atoms with Gasteiger partial charge in [-0.2, -0.15) is 0 Å². The van der Waals surface area contributed by atoms with Crippen molar-refractivity contribution >= 4 is 23.5 Å². The Morgan fingerprint density at radius 2 is 1.88 bits per heavy atom. The highest BCUT2D eigenvalue weighted by Crippen LogP contribution is 2.68. The zero-order valence-electron chi connectivity index (χ0n) is 24.3. The van der Waals surface area contributed by atoms with E-state index in [2.05, 4.69) is 6.92 Å². The fourth-order valence-corrected chi connectivity index (χ4v) is 8.58. The second-order valence-corrected chi connectivity index (χ2v) is 12.5. The number of carbonyl (C=O) groups excluding carboxylic acids is 4. The lowest BCUT2D eigenvalue weighted by Crippen LogP contribution is -2.63. The third-order valence-corrected chi connectivity index (χ3v) is 10.5. The lowest BCUT2D eigenvalue weighted by molar-refractivity contribution is -0.200. The molecule has 1 aromatic carbocycles. The molecule has 4 aliphatic rings. The Bertz CT molecular complexity index is 1310. The van der Waals surface area contributed by atoms with Crippen molar-refractivity contribution in [3.05, 3.63) is 53.6 Å². The molecule has 0 amide bonds. The van der Waals surface area contributed by atoms with Crippen molar-refractivity contribution in [2.75, 3.05) is 13.7 Å². The van der Waals surface area contributed by atoms with E-state index in [1.807, 2.05) is 19.9 Å². The predicted octanol–water partition coefficient (Wildman–Crippen LogP) is 4.78. The van der Waals surface area contributed by atoms with Crippen molar-refractivity contribution in [2.24, 2.45) is 28.6 Å². The highest BCUT2D eigenvalue weighted by Gasteiger charge is 2.70. The zero-order valence-corrected chi connectivity index (χ0v) is 24.3. The van der Waals surface area contributed by atoms with Crippen LogP contribution >= 0.6 is 0 Å². The Hall–Kier alpha value is -3.26. The molecule has 0 radical (unpaired) electrons. The molecule has 3 saturated carbocycles. The lowest BCUT2D eigenvalue weighted by atomic mass is 9.46. The largest absolute Gasteiger partial charge is 0.496 e. The highest BCUT2D eigenvalue weighted by molar-refractivity contribution is 6.01. The molecule has 1 unspecified atom stereocenters. The topological polar surface area (TPSA) is 116 Å². The van der Waals surface area contributed by atoms with Crippen molar-refractivity contribution in [1.82, 2.24) is 0 Å². The zero-order chi connectivity index (χ0) is 29.6. The Morgan fingerprint density at radius 3 is 2.61 bits per heavy atom. The van der Waals surface area contributed by atoms with Crippen LogP contribution in [0.3, 0.4) is 0 Å². The average Bonchev–Trinajstić information content (AvgIpc) is 3.23. The van der Waals surface area contributed by atoms with Crippen molar-refractivity contribution in [3.63, 3.8) is 0 Å². The molecular formula is C33H40O8. The van der Waals surface area contributed by atoms with Gasteiger partial charge in [-0.1, -0.05) is 44.6 Å². The van der Waals surface area contributed by atoms with E-state index >= 15 is 0 Å². The summed E-state index contributed by atoms with van der Waals surface area (Å²) in [4.78, 5) is 52.2. The molecular weight excluding hydrogens is 524 g/mol. The Morgan fingerprint density at radius 1 is 1.12 bits per heavy atom. The summed E-state index contributed by atoms with van der Waals surface area (Å²) in [6, 6.07) is 6.61. The number of ether oxygens (including phenoxy) is 3. The van der Waals surface area contributed by atoms with Gasteiger partial charge in [0.2, 0.25) is 5.78 Å². The van der Waals surface area contributed by atoms with Gasteiger partial charge in [0, 0.05) is 23.2 Å². The normalized spacial score (nSPS) is 35.4. The van der Waals surface area contributed by atoms with Crippen molar-refractivity contribution in [1.29, 1.82) is 0 Å². The first kappa shape index (κ1) is 29.2. The van der Waals surface area contributed by atoms with Gasteiger partial charge in [0.25, 0.3) is 0 Å². The second-order valence-electron chi connectivity index (χ2n) is 12.5. The fraction of sp³-hybridized carbons (Fsp3) is 0.576. The van der Waals surface area contributed by atoms with E-state index in [9.17, 15) is 24.3 Å². The number of fused-ring (bicyclic) bond motifs is 5. The Balaban J connectivity index is 1.45. The van der Waals surface area contributed by atoms with Gasteiger partial charge in [-0.15, -0.1) is 0 Å². The number of para-hydroxylation sites is 1. The smallest absolute Gasteiger partial charge is 0.342 e. The maximum Gasteiger partial charge on any atom is 0.342 e. The van der Waals surface area contributed by atoms with Crippen LogP contribution in [0.5, 0.6) is 5.75 Å². The highest BCUT2D eigenvalue weighted by atomic mass is 16.6. The molecule has 3 fully saturated rings. The third-order valence-electron chi connectivity index (χ3n) is 10.5. The number of Topliss-reactive ketones (excluding diaryl/α,β-unsaturated/α-hetero) is 1. The van der Waals surface area contributed by atoms with E-state index in [0.717, 1.165) is 18.4 Å². The van der Waals surface area contributed by atoms with Crippen LogP contribution < -0.4 is 4.74 Å². The third kappa shape index (κ3) is 4.64. The Kier molecular flexibility index (Phi) is 7.74. The van der Waals surface area contributed by atoms with Crippen LogP contribution in [-0.2, 0) is 23.9 Å². The maximum atomic E-state index is 14.1. The van der Waals surface area contributed by atoms with Crippen LogP contribution in [0, 0.1) is 28.6 Å². The fourth-order valence-electron chi connectivity index (χ4n) is 8.58. The van der Waals surface area contributed by atoms with E-state index < -0.39 is 46.9 Å². The van der Waals surface area contributed by atoms with Crippen LogP contribution in [-0.4, -0.2) is 54.0 Å². The molecule has 0 saturated heterocycles. The summed E-state index contributed by atoms with van der Waals surface area (Å²) in [5.74, 6) is -1.37. The quantitative estimate of drug-likeness (QED) is 0.449. The number of allylic oxidation sites excluding steroid dienone is 4. The second kappa shape index (κ2) is 10.9. The maximum absolute atomic E-state index is 14.1. The number of esters is 2. The van der Waals surface area contributed by atoms with E-state index in [-0.39, 0.29) is 41.9 Å². The van der Waals surface area contributed by atoms with Crippen LogP contribution in [0.4, 0.5) is 0 Å². The molecule has 0 bridgehead atoms. The summed E-state index contributed by atoms with van der Waals surface area (Å²) in [5, 5.41) is 11.8. The van der Waals surface area contributed by atoms with E-state index in [4.69, 9.17) is 14.2 Å². The molecule has 0 aliphatic heterocycles.